The fraction of sp³-hybridized carbons (Fsp3) is 0.600. The largest absolute Gasteiger partial charge is 0.444 e. The number of pyridine rings is 1. The van der Waals surface area contributed by atoms with E-state index in [-0.39, 0.29) is 6.09 Å². The zero-order chi connectivity index (χ0) is 15.6. The van der Waals surface area contributed by atoms with Crippen LogP contribution in [0.3, 0.4) is 0 Å². The van der Waals surface area contributed by atoms with Gasteiger partial charge in [0.1, 0.15) is 5.60 Å². The molecule has 0 unspecified atom stereocenters. The average Bonchev–Trinajstić information content (AvgIpc) is 2.40. The predicted octanol–water partition coefficient (Wildman–Crippen LogP) is 2.03. The van der Waals surface area contributed by atoms with Crippen LogP contribution in [0.2, 0.25) is 0 Å². The van der Waals surface area contributed by atoms with Crippen molar-refractivity contribution in [3.05, 3.63) is 17.8 Å². The third-order valence-corrected chi connectivity index (χ3v) is 3.42. The van der Waals surface area contributed by atoms with E-state index in [1.807, 2.05) is 33.8 Å². The van der Waals surface area contributed by atoms with E-state index in [1.54, 1.807) is 11.1 Å². The molecule has 2 heterocycles. The fourth-order valence-electron chi connectivity index (χ4n) is 2.23. The highest BCUT2D eigenvalue weighted by Gasteiger charge is 2.26. The third-order valence-electron chi connectivity index (χ3n) is 3.42. The smallest absolute Gasteiger partial charge is 0.410 e. The molecule has 1 fully saturated rings. The average molecular weight is 292 g/mol. The van der Waals surface area contributed by atoms with E-state index >= 15 is 0 Å². The third kappa shape index (κ3) is 3.77. The summed E-state index contributed by atoms with van der Waals surface area (Å²) in [6, 6.07) is 1.90. The lowest BCUT2D eigenvalue weighted by atomic mass is 10.2. The molecule has 1 saturated heterocycles. The van der Waals surface area contributed by atoms with E-state index in [1.165, 1.54) is 0 Å². The van der Waals surface area contributed by atoms with Crippen LogP contribution < -0.4 is 10.6 Å². The lowest BCUT2D eigenvalue weighted by molar-refractivity contribution is 0.0240. The first kappa shape index (κ1) is 15.4. The van der Waals surface area contributed by atoms with E-state index < -0.39 is 5.60 Å². The Morgan fingerprint density at radius 1 is 1.29 bits per heavy atom. The lowest BCUT2D eigenvalue weighted by Gasteiger charge is -2.36. The highest BCUT2D eigenvalue weighted by Crippen LogP contribution is 2.24. The molecule has 0 aliphatic carbocycles. The number of ether oxygens (including phenoxy) is 1. The van der Waals surface area contributed by atoms with Gasteiger partial charge in [0, 0.05) is 32.4 Å². The van der Waals surface area contributed by atoms with Crippen molar-refractivity contribution in [1.82, 2.24) is 9.88 Å². The Bertz CT molecular complexity index is 517. The minimum absolute atomic E-state index is 0.257. The minimum atomic E-state index is -0.462. The molecule has 0 radical (unpaired) electrons. The van der Waals surface area contributed by atoms with Crippen molar-refractivity contribution >= 4 is 17.6 Å². The summed E-state index contributed by atoms with van der Waals surface area (Å²) < 4.78 is 5.39. The number of carbonyl (C=O) groups excluding carboxylic acids is 1. The number of amides is 1. The Kier molecular flexibility index (Phi) is 4.25. The van der Waals surface area contributed by atoms with Crippen molar-refractivity contribution in [3.8, 4) is 0 Å². The maximum atomic E-state index is 12.0. The second-order valence-corrected chi connectivity index (χ2v) is 6.32. The van der Waals surface area contributed by atoms with Crippen LogP contribution in [-0.2, 0) is 4.74 Å². The summed E-state index contributed by atoms with van der Waals surface area (Å²) in [5.41, 5.74) is 7.35. The number of nitrogens with zero attached hydrogens (tertiary/aromatic N) is 3. The van der Waals surface area contributed by atoms with Gasteiger partial charge in [0.2, 0.25) is 0 Å². The summed E-state index contributed by atoms with van der Waals surface area (Å²) in [5.74, 6) is 0.804. The van der Waals surface area contributed by atoms with Gasteiger partial charge in [-0.15, -0.1) is 0 Å². The second kappa shape index (κ2) is 5.79. The Hall–Kier alpha value is -1.98. The van der Waals surface area contributed by atoms with Crippen molar-refractivity contribution < 1.29 is 9.53 Å². The molecule has 116 valence electrons. The summed E-state index contributed by atoms with van der Waals surface area (Å²) in [6.45, 7) is 10.2. The SMILES string of the molecule is Cc1ccnc(N2CCN(C(=O)OC(C)(C)C)CC2)c1N. The highest BCUT2D eigenvalue weighted by atomic mass is 16.6. The molecule has 0 saturated carbocycles. The van der Waals surface area contributed by atoms with E-state index in [2.05, 4.69) is 9.88 Å². The van der Waals surface area contributed by atoms with Crippen molar-refractivity contribution in [3.63, 3.8) is 0 Å². The second-order valence-electron chi connectivity index (χ2n) is 6.32. The molecule has 21 heavy (non-hydrogen) atoms. The molecule has 0 atom stereocenters. The van der Waals surface area contributed by atoms with Gasteiger partial charge in [-0.25, -0.2) is 9.78 Å². The van der Waals surface area contributed by atoms with Crippen LogP contribution in [0.15, 0.2) is 12.3 Å². The fourth-order valence-corrected chi connectivity index (χ4v) is 2.23. The Balaban J connectivity index is 1.97. The zero-order valence-corrected chi connectivity index (χ0v) is 13.2. The molecular formula is C15H24N4O2. The summed E-state index contributed by atoms with van der Waals surface area (Å²) in [7, 11) is 0. The maximum absolute atomic E-state index is 12.0. The molecule has 0 bridgehead atoms. The van der Waals surface area contributed by atoms with Crippen LogP contribution in [0.4, 0.5) is 16.3 Å². The zero-order valence-electron chi connectivity index (χ0n) is 13.2. The van der Waals surface area contributed by atoms with E-state index in [0.717, 1.165) is 11.4 Å². The number of anilines is 2. The van der Waals surface area contributed by atoms with Gasteiger partial charge in [-0.3, -0.25) is 0 Å². The monoisotopic (exact) mass is 292 g/mol. The number of piperazine rings is 1. The van der Waals surface area contributed by atoms with Crippen LogP contribution in [0.25, 0.3) is 0 Å². The quantitative estimate of drug-likeness (QED) is 0.857. The van der Waals surface area contributed by atoms with Crippen LogP contribution >= 0.6 is 0 Å². The van der Waals surface area contributed by atoms with Gasteiger partial charge >= 0.3 is 6.09 Å². The minimum Gasteiger partial charge on any atom is -0.444 e. The lowest BCUT2D eigenvalue weighted by Crippen LogP contribution is -2.50. The highest BCUT2D eigenvalue weighted by molar-refractivity contribution is 5.70. The summed E-state index contributed by atoms with van der Waals surface area (Å²) in [6.07, 6.45) is 1.51. The Morgan fingerprint density at radius 2 is 1.90 bits per heavy atom. The van der Waals surface area contributed by atoms with E-state index in [4.69, 9.17) is 10.5 Å². The summed E-state index contributed by atoms with van der Waals surface area (Å²) in [4.78, 5) is 20.2. The Labute approximate surface area is 125 Å². The van der Waals surface area contributed by atoms with Crippen LogP contribution in [-0.4, -0.2) is 47.8 Å². The van der Waals surface area contributed by atoms with Gasteiger partial charge in [-0.2, -0.15) is 0 Å². The molecule has 1 aliphatic rings. The van der Waals surface area contributed by atoms with Gasteiger partial charge in [0.15, 0.2) is 5.82 Å². The van der Waals surface area contributed by atoms with E-state index in [0.29, 0.717) is 31.9 Å². The van der Waals surface area contributed by atoms with E-state index in [9.17, 15) is 4.79 Å². The van der Waals surface area contributed by atoms with Crippen LogP contribution in [0.1, 0.15) is 26.3 Å². The summed E-state index contributed by atoms with van der Waals surface area (Å²) >= 11 is 0. The number of carbonyl (C=O) groups is 1. The molecular weight excluding hydrogens is 268 g/mol. The summed E-state index contributed by atoms with van der Waals surface area (Å²) in [5, 5.41) is 0. The molecule has 1 aromatic rings. The predicted molar refractivity (Wildman–Crippen MR) is 83.4 cm³/mol. The molecule has 0 aromatic carbocycles. The molecule has 6 heteroatoms. The number of aromatic nitrogens is 1. The van der Waals surface area contributed by atoms with Crippen LogP contribution in [0, 0.1) is 6.92 Å². The van der Waals surface area contributed by atoms with Gasteiger partial charge in [-0.1, -0.05) is 0 Å². The van der Waals surface area contributed by atoms with Gasteiger partial charge in [-0.05, 0) is 39.3 Å². The Morgan fingerprint density at radius 3 is 2.48 bits per heavy atom. The number of hydrogen-bond acceptors (Lipinski definition) is 5. The molecule has 6 nitrogen and oxygen atoms in total. The first-order valence-electron chi connectivity index (χ1n) is 7.22. The van der Waals surface area contributed by atoms with Crippen LogP contribution in [0.5, 0.6) is 0 Å². The molecule has 1 aromatic heterocycles. The van der Waals surface area contributed by atoms with Gasteiger partial charge in [0.05, 0.1) is 5.69 Å². The maximum Gasteiger partial charge on any atom is 0.410 e. The number of nitrogen functional groups attached to an aromatic ring is 1. The van der Waals surface area contributed by atoms with Gasteiger partial charge < -0.3 is 20.3 Å². The topological polar surface area (TPSA) is 71.7 Å². The normalized spacial score (nSPS) is 16.0. The standard InChI is InChI=1S/C15H24N4O2/c1-11-5-6-17-13(12(11)16)18-7-9-19(10-8-18)14(20)21-15(2,3)4/h5-6H,7-10,16H2,1-4H3. The molecule has 2 rings (SSSR count). The molecule has 1 amide bonds. The molecule has 1 aliphatic heterocycles. The first-order valence-corrected chi connectivity index (χ1v) is 7.22. The van der Waals surface area contributed by atoms with Crippen molar-refractivity contribution in [1.29, 1.82) is 0 Å². The molecule has 0 spiro atoms. The number of rotatable bonds is 1. The van der Waals surface area contributed by atoms with Gasteiger partial charge in [0.25, 0.3) is 0 Å². The van der Waals surface area contributed by atoms with Crippen molar-refractivity contribution in [2.75, 3.05) is 36.8 Å². The molecule has 2 N–H and O–H groups in total. The number of aryl methyl sites for hydroxylation is 1. The van der Waals surface area contributed by atoms with Crippen molar-refractivity contribution in [2.24, 2.45) is 0 Å². The number of nitrogens with two attached hydrogens (primary N) is 1. The number of hydrogen-bond donors (Lipinski definition) is 1. The first-order chi connectivity index (χ1) is 9.78. The van der Waals surface area contributed by atoms with Crippen molar-refractivity contribution in [2.45, 2.75) is 33.3 Å².